The smallest absolute Gasteiger partial charge is 0.394 e. The van der Waals surface area contributed by atoms with E-state index >= 15 is 0 Å². The number of oxazole rings is 1. The first-order chi connectivity index (χ1) is 10.6. The van der Waals surface area contributed by atoms with E-state index in [0.29, 0.717) is 21.8 Å². The molecule has 1 saturated carbocycles. The van der Waals surface area contributed by atoms with Crippen LogP contribution in [-0.2, 0) is 5.54 Å². The summed E-state index contributed by atoms with van der Waals surface area (Å²) in [6.07, 6.45) is 5.21. The number of aromatic nitrogens is 1. The van der Waals surface area contributed by atoms with Crippen molar-refractivity contribution in [2.24, 2.45) is 0 Å². The summed E-state index contributed by atoms with van der Waals surface area (Å²) in [5.41, 5.74) is 2.35. The maximum atomic E-state index is 12.1. The SMILES string of the molecule is COc1nc2cc(Cl)c3c(c2o1)C1(CCCCC1)NC(=O)N3. The van der Waals surface area contributed by atoms with E-state index in [1.165, 1.54) is 13.5 Å². The van der Waals surface area contributed by atoms with Crippen molar-refractivity contribution < 1.29 is 13.9 Å². The summed E-state index contributed by atoms with van der Waals surface area (Å²) in [4.78, 5) is 16.4. The summed E-state index contributed by atoms with van der Waals surface area (Å²) >= 11 is 6.38. The lowest BCUT2D eigenvalue weighted by atomic mass is 9.74. The van der Waals surface area contributed by atoms with Crippen molar-refractivity contribution in [1.82, 2.24) is 10.3 Å². The van der Waals surface area contributed by atoms with Crippen LogP contribution in [0, 0.1) is 0 Å². The Morgan fingerprint density at radius 1 is 1.36 bits per heavy atom. The van der Waals surface area contributed by atoms with E-state index in [2.05, 4.69) is 15.6 Å². The fourth-order valence-electron chi connectivity index (χ4n) is 3.63. The number of anilines is 1. The Morgan fingerprint density at radius 3 is 2.86 bits per heavy atom. The van der Waals surface area contributed by atoms with E-state index in [-0.39, 0.29) is 12.1 Å². The highest BCUT2D eigenvalue weighted by Crippen LogP contribution is 2.48. The highest BCUT2D eigenvalue weighted by Gasteiger charge is 2.44. The number of carbonyl (C=O) groups is 1. The maximum absolute atomic E-state index is 12.1. The standard InChI is InChI=1S/C15H16ClN3O3/c1-21-14-17-9-7-8(16)11-10(12(9)22-14)15(19-13(20)18-11)5-3-2-4-6-15/h7H,2-6H2,1H3,(H2,18,19,20). The summed E-state index contributed by atoms with van der Waals surface area (Å²) in [6.45, 7) is 0. The monoisotopic (exact) mass is 321 g/mol. The average molecular weight is 322 g/mol. The van der Waals surface area contributed by atoms with Crippen LogP contribution in [-0.4, -0.2) is 18.1 Å². The lowest BCUT2D eigenvalue weighted by Crippen LogP contribution is -2.52. The second-order valence-electron chi connectivity index (χ2n) is 5.86. The number of urea groups is 1. The van der Waals surface area contributed by atoms with Crippen molar-refractivity contribution in [2.75, 3.05) is 12.4 Å². The van der Waals surface area contributed by atoms with Gasteiger partial charge in [0, 0.05) is 5.56 Å². The van der Waals surface area contributed by atoms with Gasteiger partial charge in [-0.3, -0.25) is 0 Å². The number of amides is 2. The average Bonchev–Trinajstić information content (AvgIpc) is 2.90. The summed E-state index contributed by atoms with van der Waals surface area (Å²) in [6, 6.07) is 1.48. The van der Waals surface area contributed by atoms with Crippen LogP contribution >= 0.6 is 11.6 Å². The molecular formula is C15H16ClN3O3. The first-order valence-corrected chi connectivity index (χ1v) is 7.77. The van der Waals surface area contributed by atoms with Gasteiger partial charge in [0.15, 0.2) is 5.58 Å². The first-order valence-electron chi connectivity index (χ1n) is 7.40. The third-order valence-electron chi connectivity index (χ3n) is 4.56. The molecule has 1 aromatic carbocycles. The van der Waals surface area contributed by atoms with Gasteiger partial charge >= 0.3 is 12.1 Å². The maximum Gasteiger partial charge on any atom is 0.394 e. The van der Waals surface area contributed by atoms with Gasteiger partial charge in [0.05, 0.1) is 23.4 Å². The molecular weight excluding hydrogens is 306 g/mol. The Kier molecular flexibility index (Phi) is 2.97. The minimum Gasteiger partial charge on any atom is -0.453 e. The van der Waals surface area contributed by atoms with Crippen molar-refractivity contribution in [3.8, 4) is 6.08 Å². The zero-order valence-electron chi connectivity index (χ0n) is 12.2. The van der Waals surface area contributed by atoms with Gasteiger partial charge in [0.1, 0.15) is 5.52 Å². The minimum absolute atomic E-state index is 0.197. The van der Waals surface area contributed by atoms with Gasteiger partial charge in [-0.15, -0.1) is 0 Å². The van der Waals surface area contributed by atoms with Gasteiger partial charge in [-0.05, 0) is 18.9 Å². The molecule has 2 N–H and O–H groups in total. The summed E-state index contributed by atoms with van der Waals surface area (Å²) in [5, 5.41) is 6.38. The Balaban J connectivity index is 2.03. The molecule has 4 rings (SSSR count). The van der Waals surface area contributed by atoms with Crippen molar-refractivity contribution in [2.45, 2.75) is 37.6 Å². The van der Waals surface area contributed by atoms with Crippen LogP contribution in [0.3, 0.4) is 0 Å². The van der Waals surface area contributed by atoms with E-state index in [9.17, 15) is 4.79 Å². The van der Waals surface area contributed by atoms with Gasteiger partial charge in [0.25, 0.3) is 0 Å². The predicted molar refractivity (Wildman–Crippen MR) is 82.5 cm³/mol. The molecule has 1 fully saturated rings. The van der Waals surface area contributed by atoms with E-state index in [0.717, 1.165) is 31.2 Å². The number of benzene rings is 1. The highest BCUT2D eigenvalue weighted by molar-refractivity contribution is 6.35. The summed E-state index contributed by atoms with van der Waals surface area (Å²) < 4.78 is 10.8. The predicted octanol–water partition coefficient (Wildman–Crippen LogP) is 3.78. The summed E-state index contributed by atoms with van der Waals surface area (Å²) in [5.74, 6) is 0. The van der Waals surface area contributed by atoms with Gasteiger partial charge in [-0.25, -0.2) is 4.79 Å². The highest BCUT2D eigenvalue weighted by atomic mass is 35.5. The molecule has 1 aliphatic carbocycles. The normalized spacial score (nSPS) is 19.6. The van der Waals surface area contributed by atoms with Crippen LogP contribution in [0.5, 0.6) is 6.08 Å². The van der Waals surface area contributed by atoms with Gasteiger partial charge < -0.3 is 19.8 Å². The molecule has 2 aromatic rings. The zero-order valence-corrected chi connectivity index (χ0v) is 12.9. The van der Waals surface area contributed by atoms with Crippen LogP contribution in [0.1, 0.15) is 37.7 Å². The molecule has 2 aliphatic rings. The number of hydrogen-bond donors (Lipinski definition) is 2. The van der Waals surface area contributed by atoms with Crippen molar-refractivity contribution >= 4 is 34.4 Å². The van der Waals surface area contributed by atoms with Gasteiger partial charge in [0.2, 0.25) is 0 Å². The third-order valence-corrected chi connectivity index (χ3v) is 4.86. The molecule has 0 radical (unpaired) electrons. The zero-order chi connectivity index (χ0) is 15.3. The van der Waals surface area contributed by atoms with Crippen LogP contribution in [0.15, 0.2) is 10.5 Å². The largest absolute Gasteiger partial charge is 0.453 e. The molecule has 116 valence electrons. The van der Waals surface area contributed by atoms with E-state index < -0.39 is 5.54 Å². The molecule has 2 heterocycles. The third kappa shape index (κ3) is 1.86. The molecule has 7 heteroatoms. The number of halogens is 1. The summed E-state index contributed by atoms with van der Waals surface area (Å²) in [7, 11) is 1.51. The molecule has 0 unspecified atom stereocenters. The van der Waals surface area contributed by atoms with Crippen LogP contribution in [0.4, 0.5) is 10.5 Å². The van der Waals surface area contributed by atoms with Crippen molar-refractivity contribution in [3.63, 3.8) is 0 Å². The Hall–Kier alpha value is -1.95. The lowest BCUT2D eigenvalue weighted by Gasteiger charge is -2.42. The Labute approximate surface area is 132 Å². The first kappa shape index (κ1) is 13.7. The Morgan fingerprint density at radius 2 is 2.14 bits per heavy atom. The number of hydrogen-bond acceptors (Lipinski definition) is 4. The molecule has 1 aromatic heterocycles. The van der Waals surface area contributed by atoms with E-state index in [1.54, 1.807) is 6.07 Å². The molecule has 0 bridgehead atoms. The molecule has 1 aliphatic heterocycles. The number of ether oxygens (including phenoxy) is 1. The van der Waals surface area contributed by atoms with Gasteiger partial charge in [-0.1, -0.05) is 30.9 Å². The number of nitrogens with zero attached hydrogens (tertiary/aromatic N) is 1. The number of carbonyl (C=O) groups excluding carboxylic acids is 1. The van der Waals surface area contributed by atoms with Crippen LogP contribution in [0.25, 0.3) is 11.1 Å². The fourth-order valence-corrected chi connectivity index (χ4v) is 3.88. The minimum atomic E-state index is -0.441. The van der Waals surface area contributed by atoms with Crippen LogP contribution < -0.4 is 15.4 Å². The van der Waals surface area contributed by atoms with Crippen molar-refractivity contribution in [1.29, 1.82) is 0 Å². The van der Waals surface area contributed by atoms with E-state index in [4.69, 9.17) is 20.8 Å². The topological polar surface area (TPSA) is 76.4 Å². The molecule has 6 nitrogen and oxygen atoms in total. The molecule has 0 atom stereocenters. The van der Waals surface area contributed by atoms with E-state index in [1.807, 2.05) is 0 Å². The van der Waals surface area contributed by atoms with Gasteiger partial charge in [-0.2, -0.15) is 4.98 Å². The Bertz CT molecular complexity index is 765. The number of methoxy groups -OCH3 is 1. The fraction of sp³-hybridized carbons (Fsp3) is 0.467. The number of fused-ring (bicyclic) bond motifs is 4. The second-order valence-corrected chi connectivity index (χ2v) is 6.27. The molecule has 1 spiro atoms. The second kappa shape index (κ2) is 4.78. The number of nitrogens with one attached hydrogen (secondary N) is 2. The molecule has 0 saturated heterocycles. The number of rotatable bonds is 1. The van der Waals surface area contributed by atoms with Crippen LogP contribution in [0.2, 0.25) is 5.02 Å². The van der Waals surface area contributed by atoms with Crippen molar-refractivity contribution in [3.05, 3.63) is 16.7 Å². The molecule has 22 heavy (non-hydrogen) atoms. The quantitative estimate of drug-likeness (QED) is 0.838. The lowest BCUT2D eigenvalue weighted by molar-refractivity contribution is 0.208. The molecule has 2 amide bonds.